The number of rotatable bonds is 8. The molecule has 42 heavy (non-hydrogen) atoms. The van der Waals surface area contributed by atoms with Crippen molar-refractivity contribution in [2.75, 3.05) is 25.0 Å². The van der Waals surface area contributed by atoms with Crippen LogP contribution in [-0.4, -0.2) is 54.1 Å². The van der Waals surface area contributed by atoms with Crippen molar-refractivity contribution < 1.29 is 22.7 Å². The number of nitrogens with zero attached hydrogens (tertiary/aromatic N) is 3. The Morgan fingerprint density at radius 3 is 2.31 bits per heavy atom. The van der Waals surface area contributed by atoms with Crippen LogP contribution in [0, 0.1) is 0 Å². The number of amides is 1. The van der Waals surface area contributed by atoms with Crippen molar-refractivity contribution in [1.29, 1.82) is 0 Å². The molecule has 0 saturated carbocycles. The number of sulfonamides is 1. The molecule has 0 atom stereocenters. The zero-order valence-electron chi connectivity index (χ0n) is 23.6. The second kappa shape index (κ2) is 12.2. The van der Waals surface area contributed by atoms with Gasteiger partial charge in [-0.15, -0.1) is 11.3 Å². The molecule has 10 nitrogen and oxygen atoms in total. The van der Waals surface area contributed by atoms with Crippen molar-refractivity contribution >= 4 is 49.0 Å². The number of anilines is 1. The fraction of sp³-hybridized carbons (Fsp3) is 0.333. The summed E-state index contributed by atoms with van der Waals surface area (Å²) < 4.78 is 33.8. The van der Waals surface area contributed by atoms with Gasteiger partial charge in [-0.1, -0.05) is 32.4 Å². The Balaban J connectivity index is 1.49. The van der Waals surface area contributed by atoms with Crippen molar-refractivity contribution in [3.8, 4) is 5.69 Å². The van der Waals surface area contributed by atoms with Crippen molar-refractivity contribution in [3.63, 3.8) is 0 Å². The molecule has 2 aromatic heterocycles. The van der Waals surface area contributed by atoms with E-state index in [1.165, 1.54) is 28.6 Å². The van der Waals surface area contributed by atoms with Crippen LogP contribution in [-0.2, 0) is 14.8 Å². The van der Waals surface area contributed by atoms with E-state index in [1.54, 1.807) is 24.4 Å². The third kappa shape index (κ3) is 5.74. The van der Waals surface area contributed by atoms with E-state index in [2.05, 4.69) is 24.3 Å². The average Bonchev–Trinajstić information content (AvgIpc) is 3.42. The first kappa shape index (κ1) is 29.6. The summed E-state index contributed by atoms with van der Waals surface area (Å²) in [4.78, 5) is 39.9. The summed E-state index contributed by atoms with van der Waals surface area (Å²) in [6.45, 7) is 6.90. The Kier molecular flexibility index (Phi) is 8.58. The minimum atomic E-state index is -3.64. The van der Waals surface area contributed by atoms with E-state index in [0.29, 0.717) is 24.7 Å². The summed E-state index contributed by atoms with van der Waals surface area (Å²) in [6, 6.07) is 13.0. The standard InChI is InChI=1S/C30H32N4O6S2/c1-4-40-30(37)26-24-18-41-28(25(24)29(36)34(32-26)22-12-8-20(9-13-22)19(2)3)31-27(35)21-10-14-23(15-11-21)42(38,39)33-16-6-5-7-17-33/h8-15,18-19H,4-7,16-17H2,1-3H3,(H,31,35). The molecule has 0 bridgehead atoms. The number of thiophene rings is 1. The Morgan fingerprint density at radius 2 is 1.69 bits per heavy atom. The lowest BCUT2D eigenvalue weighted by atomic mass is 10.0. The van der Waals surface area contributed by atoms with E-state index in [4.69, 9.17) is 4.74 Å². The highest BCUT2D eigenvalue weighted by molar-refractivity contribution is 7.89. The zero-order valence-corrected chi connectivity index (χ0v) is 25.3. The van der Waals surface area contributed by atoms with Crippen LogP contribution < -0.4 is 10.9 Å². The van der Waals surface area contributed by atoms with Crippen LogP contribution >= 0.6 is 11.3 Å². The van der Waals surface area contributed by atoms with Crippen molar-refractivity contribution in [2.24, 2.45) is 0 Å². The molecule has 1 amide bonds. The minimum Gasteiger partial charge on any atom is -0.461 e. The van der Waals surface area contributed by atoms with E-state index in [1.807, 2.05) is 12.1 Å². The number of carbonyl (C=O) groups is 2. The molecule has 1 aliphatic rings. The van der Waals surface area contributed by atoms with E-state index in [0.717, 1.165) is 40.8 Å². The van der Waals surface area contributed by atoms with Gasteiger partial charge in [0.1, 0.15) is 5.00 Å². The fourth-order valence-corrected chi connectivity index (χ4v) is 7.32. The van der Waals surface area contributed by atoms with Crippen LogP contribution in [0.2, 0.25) is 0 Å². The molecule has 2 aromatic carbocycles. The SMILES string of the molecule is CCOC(=O)c1nn(-c2ccc(C(C)C)cc2)c(=O)c2c(NC(=O)c3ccc(S(=O)(=O)N4CCCCC4)cc3)scc12. The highest BCUT2D eigenvalue weighted by Gasteiger charge is 2.27. The van der Waals surface area contributed by atoms with Crippen LogP contribution in [0.5, 0.6) is 0 Å². The maximum Gasteiger partial charge on any atom is 0.359 e. The van der Waals surface area contributed by atoms with Crippen molar-refractivity contribution in [1.82, 2.24) is 14.1 Å². The minimum absolute atomic E-state index is 0.0385. The maximum absolute atomic E-state index is 13.7. The monoisotopic (exact) mass is 608 g/mol. The molecule has 5 rings (SSSR count). The van der Waals surface area contributed by atoms with Crippen LogP contribution in [0.15, 0.2) is 63.6 Å². The van der Waals surface area contributed by atoms with Gasteiger partial charge in [0, 0.05) is 29.4 Å². The number of nitrogens with one attached hydrogen (secondary N) is 1. The predicted octanol–water partition coefficient (Wildman–Crippen LogP) is 5.17. The normalized spacial score (nSPS) is 14.3. The first-order valence-corrected chi connectivity index (χ1v) is 16.2. The molecule has 0 radical (unpaired) electrons. The van der Waals surface area contributed by atoms with Crippen molar-refractivity contribution in [2.45, 2.75) is 50.8 Å². The van der Waals surface area contributed by atoms with Gasteiger partial charge in [0.2, 0.25) is 10.0 Å². The Bertz CT molecular complexity index is 1790. The molecule has 4 aromatic rings. The number of hydrogen-bond donors (Lipinski definition) is 1. The van der Waals surface area contributed by atoms with Gasteiger partial charge in [0.15, 0.2) is 5.69 Å². The number of ether oxygens (including phenoxy) is 1. The molecule has 1 saturated heterocycles. The lowest BCUT2D eigenvalue weighted by Gasteiger charge is -2.25. The molecule has 0 unspecified atom stereocenters. The van der Waals surface area contributed by atoms with Crippen LogP contribution in [0.25, 0.3) is 16.5 Å². The number of benzene rings is 2. The predicted molar refractivity (Wildman–Crippen MR) is 162 cm³/mol. The Morgan fingerprint density at radius 1 is 1.02 bits per heavy atom. The summed E-state index contributed by atoms with van der Waals surface area (Å²) in [5.74, 6) is -0.919. The number of carbonyl (C=O) groups excluding carboxylic acids is 2. The second-order valence-corrected chi connectivity index (χ2v) is 13.1. The van der Waals surface area contributed by atoms with Crippen molar-refractivity contribution in [3.05, 3.63) is 81.1 Å². The van der Waals surface area contributed by atoms with Gasteiger partial charge < -0.3 is 10.1 Å². The number of aromatic nitrogens is 2. The van der Waals surface area contributed by atoms with Gasteiger partial charge in [0.25, 0.3) is 11.5 Å². The van der Waals surface area contributed by atoms with Crippen LogP contribution in [0.1, 0.15) is 72.4 Å². The van der Waals surface area contributed by atoms with Gasteiger partial charge in [0.05, 0.1) is 22.6 Å². The lowest BCUT2D eigenvalue weighted by Crippen LogP contribution is -2.35. The summed E-state index contributed by atoms with van der Waals surface area (Å²) >= 11 is 1.09. The van der Waals surface area contributed by atoms with E-state index in [-0.39, 0.29) is 38.5 Å². The quantitative estimate of drug-likeness (QED) is 0.273. The average molecular weight is 609 g/mol. The first-order chi connectivity index (χ1) is 20.1. The Hall–Kier alpha value is -3.87. The molecule has 1 fully saturated rings. The number of esters is 1. The summed E-state index contributed by atoms with van der Waals surface area (Å²) in [7, 11) is -3.64. The molecule has 0 aliphatic carbocycles. The number of fused-ring (bicyclic) bond motifs is 1. The van der Waals surface area contributed by atoms with Crippen LogP contribution in [0.3, 0.4) is 0 Å². The molecular formula is C30H32N4O6S2. The summed E-state index contributed by atoms with van der Waals surface area (Å²) in [6.07, 6.45) is 2.66. The van der Waals surface area contributed by atoms with Crippen LogP contribution in [0.4, 0.5) is 5.00 Å². The summed E-state index contributed by atoms with van der Waals surface area (Å²) in [5, 5.41) is 9.35. The van der Waals surface area contributed by atoms with Gasteiger partial charge in [-0.3, -0.25) is 9.59 Å². The fourth-order valence-electron chi connectivity index (χ4n) is 4.88. The highest BCUT2D eigenvalue weighted by atomic mass is 32.2. The Labute approximate surface area is 248 Å². The number of hydrogen-bond acceptors (Lipinski definition) is 8. The maximum atomic E-state index is 13.7. The molecule has 1 aliphatic heterocycles. The van der Waals surface area contributed by atoms with Gasteiger partial charge in [-0.05, 0) is 67.6 Å². The lowest BCUT2D eigenvalue weighted by molar-refractivity contribution is 0.0519. The van der Waals surface area contributed by atoms with E-state index in [9.17, 15) is 22.8 Å². The second-order valence-electron chi connectivity index (χ2n) is 10.3. The van der Waals surface area contributed by atoms with Gasteiger partial charge in [-0.25, -0.2) is 13.2 Å². The molecule has 3 heterocycles. The molecule has 220 valence electrons. The first-order valence-electron chi connectivity index (χ1n) is 13.9. The molecule has 0 spiro atoms. The van der Waals surface area contributed by atoms with E-state index >= 15 is 0 Å². The number of piperidine rings is 1. The summed E-state index contributed by atoms with van der Waals surface area (Å²) in [5.41, 5.74) is 1.22. The van der Waals surface area contributed by atoms with E-state index < -0.39 is 27.5 Å². The van der Waals surface area contributed by atoms with Gasteiger partial charge >= 0.3 is 5.97 Å². The molecule has 1 N–H and O–H groups in total. The molecular weight excluding hydrogens is 576 g/mol. The van der Waals surface area contributed by atoms with Gasteiger partial charge in [-0.2, -0.15) is 14.1 Å². The smallest absolute Gasteiger partial charge is 0.359 e. The zero-order chi connectivity index (χ0) is 30.0. The highest BCUT2D eigenvalue weighted by Crippen LogP contribution is 2.31. The topological polar surface area (TPSA) is 128 Å². The largest absolute Gasteiger partial charge is 0.461 e. The third-order valence-corrected chi connectivity index (χ3v) is 10.0. The molecule has 12 heteroatoms. The third-order valence-electron chi connectivity index (χ3n) is 7.22.